The number of aliphatic hydroxyl groups excluding tert-OH is 3. The van der Waals surface area contributed by atoms with Crippen LogP contribution in [0.4, 0.5) is 0 Å². The first-order chi connectivity index (χ1) is 17.4. The molecule has 0 bridgehead atoms. The minimum atomic E-state index is -2.92. The van der Waals surface area contributed by atoms with Crippen molar-refractivity contribution in [3.8, 4) is 5.75 Å². The zero-order chi connectivity index (χ0) is 27.0. The summed E-state index contributed by atoms with van der Waals surface area (Å²) in [6, 6.07) is 8.95. The number of amides is 1. The number of hydrogen-bond acceptors (Lipinski definition) is 8. The van der Waals surface area contributed by atoms with E-state index < -0.39 is 75.8 Å². The van der Waals surface area contributed by atoms with Crippen molar-refractivity contribution in [3.05, 3.63) is 85.8 Å². The lowest BCUT2D eigenvalue weighted by Gasteiger charge is -2.49. The second-order valence-electron chi connectivity index (χ2n) is 9.12. The van der Waals surface area contributed by atoms with Crippen LogP contribution < -0.4 is 5.73 Å². The van der Waals surface area contributed by atoms with Gasteiger partial charge in [0.1, 0.15) is 22.8 Å². The van der Waals surface area contributed by atoms with Gasteiger partial charge < -0.3 is 31.3 Å². The molecule has 1 amide bonds. The quantitative estimate of drug-likeness (QED) is 0.313. The molecule has 9 nitrogen and oxygen atoms in total. The lowest BCUT2D eigenvalue weighted by Crippen LogP contribution is -2.62. The molecule has 0 unspecified atom stereocenters. The standard InChI is InChI=1S/C26H19Cl2NO8/c27-13-5-4-9(7-14(13)28)6-11-10-2-1-3-15(30)17(10)22(33)20-18(11)21(32)12-8-16(31)19(25(29)36)23(34)26(12,37)24(20)35/h1-7,12,18,21,30-32,35,37H,8H2,(H2,29,36)/b11-6+/t12-,18-,21-,26-/m1/s1. The molecule has 3 aliphatic rings. The lowest BCUT2D eigenvalue weighted by atomic mass is 9.57. The molecule has 0 spiro atoms. The van der Waals surface area contributed by atoms with Crippen LogP contribution >= 0.6 is 23.2 Å². The number of rotatable bonds is 2. The van der Waals surface area contributed by atoms with Gasteiger partial charge in [0.15, 0.2) is 11.4 Å². The molecule has 4 atom stereocenters. The van der Waals surface area contributed by atoms with Gasteiger partial charge >= 0.3 is 0 Å². The van der Waals surface area contributed by atoms with Crippen molar-refractivity contribution >= 4 is 52.3 Å². The number of fused-ring (bicyclic) bond motifs is 3. The predicted molar refractivity (Wildman–Crippen MR) is 133 cm³/mol. The van der Waals surface area contributed by atoms with Gasteiger partial charge in [-0.1, -0.05) is 47.5 Å². The fourth-order valence-electron chi connectivity index (χ4n) is 5.47. The fourth-order valence-corrected chi connectivity index (χ4v) is 5.77. The van der Waals surface area contributed by atoms with E-state index in [1.165, 1.54) is 30.3 Å². The van der Waals surface area contributed by atoms with Crippen molar-refractivity contribution in [2.75, 3.05) is 0 Å². The average Bonchev–Trinajstić information content (AvgIpc) is 2.83. The first kappa shape index (κ1) is 25.0. The summed E-state index contributed by atoms with van der Waals surface area (Å²) >= 11 is 12.2. The van der Waals surface area contributed by atoms with Crippen LogP contribution in [-0.2, 0) is 9.59 Å². The van der Waals surface area contributed by atoms with Gasteiger partial charge in [0.2, 0.25) is 5.78 Å². The number of allylic oxidation sites excluding steroid dienone is 1. The lowest BCUT2D eigenvalue weighted by molar-refractivity contribution is -0.152. The van der Waals surface area contributed by atoms with Gasteiger partial charge in [-0.3, -0.25) is 14.4 Å². The van der Waals surface area contributed by atoms with Gasteiger partial charge in [0, 0.05) is 18.3 Å². The minimum Gasteiger partial charge on any atom is -0.511 e. The highest BCUT2D eigenvalue weighted by atomic mass is 35.5. The topological polar surface area (TPSA) is 178 Å². The number of benzene rings is 2. The van der Waals surface area contributed by atoms with Crippen LogP contribution in [0.1, 0.15) is 27.9 Å². The van der Waals surface area contributed by atoms with Crippen LogP contribution in [0, 0.1) is 11.8 Å². The number of Topliss-reactive ketones (excluding diaryl/α,β-unsaturated/α-hetero) is 2. The first-order valence-corrected chi connectivity index (χ1v) is 11.8. The molecule has 190 valence electrons. The number of hydrogen-bond donors (Lipinski definition) is 6. The molecule has 3 aliphatic carbocycles. The molecule has 0 radical (unpaired) electrons. The number of carbonyl (C=O) groups excluding carboxylic acids is 3. The van der Waals surface area contributed by atoms with Crippen LogP contribution in [0.2, 0.25) is 10.0 Å². The molecule has 0 saturated heterocycles. The summed E-state index contributed by atoms with van der Waals surface area (Å²) in [5.74, 6) is -8.84. The van der Waals surface area contributed by atoms with Gasteiger partial charge in [-0.05, 0) is 34.9 Å². The summed E-state index contributed by atoms with van der Waals surface area (Å²) in [6.45, 7) is 0. The van der Waals surface area contributed by atoms with Crippen LogP contribution in [0.5, 0.6) is 5.75 Å². The minimum absolute atomic E-state index is 0.224. The highest BCUT2D eigenvalue weighted by Gasteiger charge is 2.63. The third-order valence-corrected chi connectivity index (χ3v) is 7.90. The maximum Gasteiger partial charge on any atom is 0.255 e. The summed E-state index contributed by atoms with van der Waals surface area (Å²) in [6.07, 6.45) is -0.727. The van der Waals surface area contributed by atoms with Crippen molar-refractivity contribution in [3.63, 3.8) is 0 Å². The van der Waals surface area contributed by atoms with Crippen molar-refractivity contribution in [1.82, 2.24) is 0 Å². The number of phenolic OH excluding ortho intramolecular Hbond substituents is 1. The summed E-state index contributed by atoms with van der Waals surface area (Å²) in [7, 11) is 0. The summed E-state index contributed by atoms with van der Waals surface area (Å²) < 4.78 is 0. The number of carbonyl (C=O) groups is 3. The average molecular weight is 544 g/mol. The summed E-state index contributed by atoms with van der Waals surface area (Å²) in [5, 5.41) is 55.6. The number of aromatic hydroxyl groups is 1. The third kappa shape index (κ3) is 3.42. The van der Waals surface area contributed by atoms with Crippen LogP contribution in [0.15, 0.2) is 59.1 Å². The van der Waals surface area contributed by atoms with E-state index in [1.54, 1.807) is 12.1 Å². The molecule has 37 heavy (non-hydrogen) atoms. The molecule has 0 fully saturated rings. The zero-order valence-electron chi connectivity index (χ0n) is 18.8. The van der Waals surface area contributed by atoms with E-state index in [4.69, 9.17) is 28.9 Å². The zero-order valence-corrected chi connectivity index (χ0v) is 20.3. The monoisotopic (exact) mass is 543 g/mol. The van der Waals surface area contributed by atoms with Crippen LogP contribution in [0.25, 0.3) is 11.6 Å². The van der Waals surface area contributed by atoms with Crippen molar-refractivity contribution < 1.29 is 39.9 Å². The Morgan fingerprint density at radius 3 is 2.43 bits per heavy atom. The van der Waals surface area contributed by atoms with E-state index in [2.05, 4.69) is 0 Å². The second-order valence-corrected chi connectivity index (χ2v) is 9.94. The highest BCUT2D eigenvalue weighted by molar-refractivity contribution is 6.42. The largest absolute Gasteiger partial charge is 0.511 e. The van der Waals surface area contributed by atoms with Gasteiger partial charge in [-0.2, -0.15) is 0 Å². The van der Waals surface area contributed by atoms with Crippen molar-refractivity contribution in [1.29, 1.82) is 0 Å². The molecular weight excluding hydrogens is 525 g/mol. The SMILES string of the molecule is NC(=O)C1=C(O)C[C@@H]2[C@@H](O)[C@H]3C(=C(O)[C@]2(O)C1=O)C(=O)c1c(O)cccc1/C3=C\c1ccc(Cl)c(Cl)c1. The second kappa shape index (κ2) is 8.46. The number of halogens is 2. The number of ketones is 2. The Hall–Kier alpha value is -3.63. The molecule has 0 heterocycles. The van der Waals surface area contributed by atoms with E-state index in [1.807, 2.05) is 0 Å². The van der Waals surface area contributed by atoms with Crippen LogP contribution in [0.3, 0.4) is 0 Å². The Kier molecular flexibility index (Phi) is 5.72. The molecule has 5 rings (SSSR count). The normalized spacial score (nSPS) is 28.2. The van der Waals surface area contributed by atoms with Crippen molar-refractivity contribution in [2.45, 2.75) is 18.1 Å². The van der Waals surface area contributed by atoms with Gasteiger partial charge in [-0.15, -0.1) is 0 Å². The Morgan fingerprint density at radius 2 is 1.78 bits per heavy atom. The molecule has 2 aromatic rings. The van der Waals surface area contributed by atoms with E-state index >= 15 is 0 Å². The number of aliphatic hydroxyl groups is 4. The number of phenols is 1. The molecule has 0 saturated carbocycles. The molecule has 0 aliphatic heterocycles. The molecule has 0 aromatic heterocycles. The third-order valence-electron chi connectivity index (χ3n) is 7.17. The Morgan fingerprint density at radius 1 is 1.08 bits per heavy atom. The van der Waals surface area contributed by atoms with Crippen LogP contribution in [-0.4, -0.2) is 54.7 Å². The van der Waals surface area contributed by atoms with Crippen molar-refractivity contribution in [2.24, 2.45) is 17.6 Å². The summed E-state index contributed by atoms with van der Waals surface area (Å²) in [4.78, 5) is 38.6. The Bertz CT molecular complexity index is 1520. The smallest absolute Gasteiger partial charge is 0.255 e. The van der Waals surface area contributed by atoms with Gasteiger partial charge in [0.25, 0.3) is 5.91 Å². The molecule has 2 aromatic carbocycles. The van der Waals surface area contributed by atoms with E-state index in [9.17, 15) is 39.9 Å². The summed E-state index contributed by atoms with van der Waals surface area (Å²) in [5.41, 5.74) is 1.58. The number of primary amides is 1. The predicted octanol–water partition coefficient (Wildman–Crippen LogP) is 2.86. The van der Waals surface area contributed by atoms with E-state index in [-0.39, 0.29) is 26.7 Å². The van der Waals surface area contributed by atoms with E-state index in [0.717, 1.165) is 0 Å². The molecule has 11 heteroatoms. The number of nitrogens with two attached hydrogens (primary N) is 1. The van der Waals surface area contributed by atoms with Gasteiger partial charge in [-0.25, -0.2) is 0 Å². The highest BCUT2D eigenvalue weighted by Crippen LogP contribution is 2.55. The first-order valence-electron chi connectivity index (χ1n) is 11.0. The maximum absolute atomic E-state index is 13.6. The Labute approximate surface area is 219 Å². The Balaban J connectivity index is 1.82. The fraction of sp³-hybridized carbons (Fsp3) is 0.192. The van der Waals surface area contributed by atoms with Gasteiger partial charge in [0.05, 0.1) is 27.3 Å². The molecular formula is C26H19Cl2NO8. The maximum atomic E-state index is 13.6. The molecule has 7 N–H and O–H groups in total. The van der Waals surface area contributed by atoms with E-state index in [0.29, 0.717) is 5.56 Å².